The summed E-state index contributed by atoms with van der Waals surface area (Å²) >= 11 is 0. The van der Waals surface area contributed by atoms with Gasteiger partial charge in [0.1, 0.15) is 0 Å². The van der Waals surface area contributed by atoms with E-state index in [1.165, 1.54) is 18.4 Å². The number of carbonyl (C=O) groups excluding carboxylic acids is 1. The van der Waals surface area contributed by atoms with Gasteiger partial charge in [-0.2, -0.15) is 0 Å². The van der Waals surface area contributed by atoms with Crippen LogP contribution in [0.3, 0.4) is 0 Å². The first-order chi connectivity index (χ1) is 11.1. The number of aliphatic hydroxyl groups excluding tert-OH is 1. The first-order valence-corrected chi connectivity index (χ1v) is 8.49. The summed E-state index contributed by atoms with van der Waals surface area (Å²) in [5, 5.41) is 18.6. The van der Waals surface area contributed by atoms with Crippen molar-refractivity contribution in [2.75, 3.05) is 20.1 Å². The first kappa shape index (κ1) is 20.9. The average molecular weight is 357 g/mol. The van der Waals surface area contributed by atoms with Crippen molar-refractivity contribution < 1.29 is 15.1 Å². The van der Waals surface area contributed by atoms with Crippen LogP contribution < -0.4 is 5.48 Å². The van der Waals surface area contributed by atoms with Gasteiger partial charge in [0.2, 0.25) is 5.91 Å². The van der Waals surface area contributed by atoms with Crippen LogP contribution in [0.5, 0.6) is 0 Å². The monoisotopic (exact) mass is 356 g/mol. The summed E-state index contributed by atoms with van der Waals surface area (Å²) in [5.74, 6) is 0.261. The molecular formula is C18H29ClN2O3. The third kappa shape index (κ3) is 6.40. The lowest BCUT2D eigenvalue weighted by molar-refractivity contribution is -0.129. The quantitative estimate of drug-likeness (QED) is 0.399. The second kappa shape index (κ2) is 10.7. The molecule has 0 spiro atoms. The van der Waals surface area contributed by atoms with E-state index in [1.54, 1.807) is 5.48 Å². The number of likely N-dealkylation sites (tertiary alicyclic amines) is 1. The largest absolute Gasteiger partial charge is 0.388 e. The molecule has 5 nitrogen and oxygen atoms in total. The molecule has 1 amide bonds. The third-order valence-electron chi connectivity index (χ3n) is 4.77. The van der Waals surface area contributed by atoms with E-state index in [0.29, 0.717) is 18.8 Å². The molecule has 1 atom stereocenters. The lowest BCUT2D eigenvalue weighted by atomic mass is 9.88. The van der Waals surface area contributed by atoms with Gasteiger partial charge in [0.05, 0.1) is 6.10 Å². The Hall–Kier alpha value is -1.14. The van der Waals surface area contributed by atoms with Gasteiger partial charge in [-0.25, -0.2) is 5.48 Å². The zero-order chi connectivity index (χ0) is 16.7. The zero-order valence-corrected chi connectivity index (χ0v) is 15.1. The van der Waals surface area contributed by atoms with E-state index in [9.17, 15) is 9.90 Å². The topological polar surface area (TPSA) is 72.8 Å². The van der Waals surface area contributed by atoms with Gasteiger partial charge < -0.3 is 10.0 Å². The number of aliphatic hydroxyl groups is 1. The van der Waals surface area contributed by atoms with Gasteiger partial charge in [-0.1, -0.05) is 30.7 Å². The number of hydrogen-bond donors (Lipinski definition) is 3. The van der Waals surface area contributed by atoms with Crippen molar-refractivity contribution in [2.45, 2.75) is 50.5 Å². The van der Waals surface area contributed by atoms with Gasteiger partial charge in [-0.15, -0.1) is 12.4 Å². The summed E-state index contributed by atoms with van der Waals surface area (Å²) in [7, 11) is 2.17. The number of hydroxylamine groups is 1. The highest BCUT2D eigenvalue weighted by atomic mass is 35.5. The van der Waals surface area contributed by atoms with Crippen molar-refractivity contribution >= 4 is 18.3 Å². The maximum atomic E-state index is 10.9. The van der Waals surface area contributed by atoms with Crippen LogP contribution in [-0.2, 0) is 4.79 Å². The summed E-state index contributed by atoms with van der Waals surface area (Å²) in [4.78, 5) is 13.3. The molecule has 1 aliphatic heterocycles. The molecule has 24 heavy (non-hydrogen) atoms. The number of carbonyl (C=O) groups is 1. The number of halogens is 1. The number of unbranched alkanes of at least 4 members (excludes halogenated alkanes) is 1. The van der Waals surface area contributed by atoms with Crippen LogP contribution in [0.2, 0.25) is 0 Å². The molecule has 3 N–H and O–H groups in total. The molecule has 1 saturated heterocycles. The van der Waals surface area contributed by atoms with E-state index in [2.05, 4.69) is 24.1 Å². The molecule has 1 unspecified atom stereocenters. The Morgan fingerprint density at radius 3 is 2.46 bits per heavy atom. The summed E-state index contributed by atoms with van der Waals surface area (Å²) in [5.41, 5.74) is 3.93. The molecule has 0 saturated carbocycles. The lowest BCUT2D eigenvalue weighted by Gasteiger charge is -2.29. The van der Waals surface area contributed by atoms with Crippen molar-refractivity contribution in [3.63, 3.8) is 0 Å². The number of amides is 1. The van der Waals surface area contributed by atoms with Crippen LogP contribution in [0.4, 0.5) is 0 Å². The molecule has 136 valence electrons. The standard InChI is InChI=1S/C18H28N2O3.ClH/c1-20-12-10-15(11-13-20)14-6-8-16(9-7-14)17(21)4-2-3-5-18(22)19-23;/h6-9,15,17,21,23H,2-5,10-13H2,1H3,(H,19,22);1H. The SMILES string of the molecule is CN1CCC(c2ccc(C(O)CCCCC(=O)NO)cc2)CC1.Cl. The minimum absolute atomic E-state index is 0. The van der Waals surface area contributed by atoms with E-state index in [1.807, 2.05) is 12.1 Å². The van der Waals surface area contributed by atoms with Crippen molar-refractivity contribution in [3.05, 3.63) is 35.4 Å². The number of benzene rings is 1. The Bertz CT molecular complexity index is 488. The molecular weight excluding hydrogens is 328 g/mol. The van der Waals surface area contributed by atoms with Gasteiger partial charge in [-0.3, -0.25) is 10.0 Å². The minimum Gasteiger partial charge on any atom is -0.388 e. The first-order valence-electron chi connectivity index (χ1n) is 8.49. The normalized spacial score (nSPS) is 17.1. The highest BCUT2D eigenvalue weighted by Gasteiger charge is 2.18. The predicted molar refractivity (Wildman–Crippen MR) is 96.5 cm³/mol. The van der Waals surface area contributed by atoms with Crippen LogP contribution >= 0.6 is 12.4 Å². The summed E-state index contributed by atoms with van der Waals surface area (Å²) < 4.78 is 0. The maximum absolute atomic E-state index is 10.9. The van der Waals surface area contributed by atoms with Crippen LogP contribution in [0.25, 0.3) is 0 Å². The van der Waals surface area contributed by atoms with Gasteiger partial charge in [-0.05, 0) is 62.9 Å². The molecule has 0 aliphatic carbocycles. The average Bonchev–Trinajstić information content (AvgIpc) is 2.59. The molecule has 1 aromatic rings. The highest BCUT2D eigenvalue weighted by Crippen LogP contribution is 2.29. The second-order valence-electron chi connectivity index (χ2n) is 6.54. The van der Waals surface area contributed by atoms with Crippen molar-refractivity contribution in [2.24, 2.45) is 0 Å². The maximum Gasteiger partial charge on any atom is 0.243 e. The minimum atomic E-state index is -0.487. The molecule has 0 aromatic heterocycles. The van der Waals surface area contributed by atoms with Crippen LogP contribution in [-0.4, -0.2) is 41.3 Å². The Morgan fingerprint density at radius 1 is 1.25 bits per heavy atom. The van der Waals surface area contributed by atoms with E-state index >= 15 is 0 Å². The summed E-state index contributed by atoms with van der Waals surface area (Å²) in [6.07, 6.45) is 4.25. The molecule has 1 aliphatic rings. The van der Waals surface area contributed by atoms with Crippen molar-refractivity contribution in [1.29, 1.82) is 0 Å². The number of rotatable bonds is 7. The van der Waals surface area contributed by atoms with Gasteiger partial charge in [0, 0.05) is 6.42 Å². The van der Waals surface area contributed by atoms with Gasteiger partial charge in [0.25, 0.3) is 0 Å². The molecule has 1 aromatic carbocycles. The number of nitrogens with zero attached hydrogens (tertiary/aromatic N) is 1. The van der Waals surface area contributed by atoms with Gasteiger partial charge >= 0.3 is 0 Å². The molecule has 0 radical (unpaired) electrons. The number of hydrogen-bond acceptors (Lipinski definition) is 4. The fraction of sp³-hybridized carbons (Fsp3) is 0.611. The molecule has 2 rings (SSSR count). The van der Waals surface area contributed by atoms with Crippen LogP contribution in [0.1, 0.15) is 61.7 Å². The molecule has 1 heterocycles. The van der Waals surface area contributed by atoms with E-state index in [4.69, 9.17) is 5.21 Å². The predicted octanol–water partition coefficient (Wildman–Crippen LogP) is 3.02. The van der Waals surface area contributed by atoms with Crippen LogP contribution in [0.15, 0.2) is 24.3 Å². The fourth-order valence-electron chi connectivity index (χ4n) is 3.18. The molecule has 1 fully saturated rings. The van der Waals surface area contributed by atoms with Crippen molar-refractivity contribution in [3.8, 4) is 0 Å². The number of nitrogens with one attached hydrogen (secondary N) is 1. The van der Waals surface area contributed by atoms with Gasteiger partial charge in [0.15, 0.2) is 0 Å². The lowest BCUT2D eigenvalue weighted by Crippen LogP contribution is -2.29. The zero-order valence-electron chi connectivity index (χ0n) is 14.3. The van der Waals surface area contributed by atoms with Crippen molar-refractivity contribution in [1.82, 2.24) is 10.4 Å². The summed E-state index contributed by atoms with van der Waals surface area (Å²) in [6.45, 7) is 2.30. The van der Waals surface area contributed by atoms with E-state index in [-0.39, 0.29) is 24.7 Å². The fourth-order valence-corrected chi connectivity index (χ4v) is 3.18. The Balaban J connectivity index is 0.00000288. The highest BCUT2D eigenvalue weighted by molar-refractivity contribution is 5.85. The second-order valence-corrected chi connectivity index (χ2v) is 6.54. The Labute approximate surface area is 150 Å². The third-order valence-corrected chi connectivity index (χ3v) is 4.77. The Kier molecular flexibility index (Phi) is 9.29. The van der Waals surface area contributed by atoms with E-state index < -0.39 is 6.10 Å². The number of piperidine rings is 1. The Morgan fingerprint density at radius 2 is 1.88 bits per heavy atom. The van der Waals surface area contributed by atoms with E-state index in [0.717, 1.165) is 25.1 Å². The molecule has 6 heteroatoms. The van der Waals surface area contributed by atoms with Crippen LogP contribution in [0, 0.1) is 0 Å². The molecule has 0 bridgehead atoms. The summed E-state index contributed by atoms with van der Waals surface area (Å²) in [6, 6.07) is 8.35. The smallest absolute Gasteiger partial charge is 0.243 e.